The second kappa shape index (κ2) is 6.85. The molecule has 0 heterocycles. The Morgan fingerprint density at radius 2 is 1.86 bits per heavy atom. The number of rotatable bonds is 5. The third kappa shape index (κ3) is 4.15. The van der Waals surface area contributed by atoms with E-state index in [9.17, 15) is 14.0 Å². The lowest BCUT2D eigenvalue weighted by Gasteiger charge is -2.12. The molecular formula is C17H16FNO3. The largest absolute Gasteiger partial charge is 0.478 e. The van der Waals surface area contributed by atoms with Gasteiger partial charge in [-0.05, 0) is 42.3 Å². The fourth-order valence-electron chi connectivity index (χ4n) is 2.06. The number of anilines is 1. The van der Waals surface area contributed by atoms with Crippen molar-refractivity contribution in [1.82, 2.24) is 0 Å². The van der Waals surface area contributed by atoms with E-state index in [4.69, 9.17) is 5.11 Å². The first-order valence-electron chi connectivity index (χ1n) is 6.84. The molecule has 2 N–H and O–H groups in total. The van der Waals surface area contributed by atoms with Gasteiger partial charge in [0.15, 0.2) is 0 Å². The van der Waals surface area contributed by atoms with Gasteiger partial charge in [-0.25, -0.2) is 9.18 Å². The van der Waals surface area contributed by atoms with Crippen molar-refractivity contribution in [2.45, 2.75) is 13.3 Å². The van der Waals surface area contributed by atoms with E-state index in [2.05, 4.69) is 5.32 Å². The predicted octanol–water partition coefficient (Wildman–Crippen LogP) is 3.34. The van der Waals surface area contributed by atoms with Crippen LogP contribution in [-0.2, 0) is 11.2 Å². The summed E-state index contributed by atoms with van der Waals surface area (Å²) in [6.07, 6.45) is 0.477. The summed E-state index contributed by atoms with van der Waals surface area (Å²) in [5.74, 6) is -1.90. The lowest BCUT2D eigenvalue weighted by Crippen LogP contribution is -2.22. The maximum Gasteiger partial charge on any atom is 0.335 e. The molecule has 0 aliphatic heterocycles. The van der Waals surface area contributed by atoms with E-state index < -0.39 is 5.97 Å². The van der Waals surface area contributed by atoms with Gasteiger partial charge in [0.2, 0.25) is 5.91 Å². The summed E-state index contributed by atoms with van der Waals surface area (Å²) >= 11 is 0. The SMILES string of the molecule is CC(Cc1ccc(F)cc1)C(=O)Nc1cccc(C(=O)O)c1. The Bertz CT molecular complexity index is 683. The van der Waals surface area contributed by atoms with Crippen molar-refractivity contribution in [3.63, 3.8) is 0 Å². The van der Waals surface area contributed by atoms with Crippen LogP contribution in [0, 0.1) is 11.7 Å². The van der Waals surface area contributed by atoms with Gasteiger partial charge in [0.05, 0.1) is 5.56 Å². The lowest BCUT2D eigenvalue weighted by atomic mass is 10.0. The Kier molecular flexibility index (Phi) is 4.88. The van der Waals surface area contributed by atoms with Gasteiger partial charge in [-0.3, -0.25) is 4.79 Å². The Labute approximate surface area is 127 Å². The van der Waals surface area contributed by atoms with Gasteiger partial charge in [-0.15, -0.1) is 0 Å². The number of aromatic carboxylic acids is 1. The van der Waals surface area contributed by atoms with Crippen molar-refractivity contribution < 1.29 is 19.1 Å². The van der Waals surface area contributed by atoms with E-state index >= 15 is 0 Å². The Balaban J connectivity index is 2.00. The zero-order valence-electron chi connectivity index (χ0n) is 12.0. The molecule has 0 saturated carbocycles. The smallest absolute Gasteiger partial charge is 0.335 e. The van der Waals surface area contributed by atoms with E-state index in [-0.39, 0.29) is 23.2 Å². The monoisotopic (exact) mass is 301 g/mol. The van der Waals surface area contributed by atoms with Crippen molar-refractivity contribution in [3.05, 3.63) is 65.5 Å². The number of carbonyl (C=O) groups is 2. The first-order chi connectivity index (χ1) is 10.5. The highest BCUT2D eigenvalue weighted by Crippen LogP contribution is 2.15. The van der Waals surface area contributed by atoms with E-state index in [1.54, 1.807) is 31.2 Å². The highest BCUT2D eigenvalue weighted by molar-refractivity contribution is 5.94. The van der Waals surface area contributed by atoms with Crippen LogP contribution in [0.3, 0.4) is 0 Å². The van der Waals surface area contributed by atoms with Crippen molar-refractivity contribution in [3.8, 4) is 0 Å². The predicted molar refractivity (Wildman–Crippen MR) is 81.3 cm³/mol. The number of hydrogen-bond acceptors (Lipinski definition) is 2. The number of hydrogen-bond donors (Lipinski definition) is 2. The Hall–Kier alpha value is -2.69. The van der Waals surface area contributed by atoms with E-state index in [0.717, 1.165) is 5.56 Å². The van der Waals surface area contributed by atoms with Crippen LogP contribution in [0.4, 0.5) is 10.1 Å². The number of amides is 1. The summed E-state index contributed by atoms with van der Waals surface area (Å²) in [5.41, 5.74) is 1.42. The molecule has 2 aromatic carbocycles. The Morgan fingerprint density at radius 1 is 1.18 bits per heavy atom. The maximum atomic E-state index is 12.8. The minimum Gasteiger partial charge on any atom is -0.478 e. The molecule has 0 aliphatic rings. The average molecular weight is 301 g/mol. The van der Waals surface area contributed by atoms with Crippen LogP contribution in [0.25, 0.3) is 0 Å². The molecule has 0 aromatic heterocycles. The topological polar surface area (TPSA) is 66.4 Å². The summed E-state index contributed by atoms with van der Waals surface area (Å²) < 4.78 is 12.8. The molecule has 0 aliphatic carbocycles. The highest BCUT2D eigenvalue weighted by atomic mass is 19.1. The van der Waals surface area contributed by atoms with Crippen molar-refractivity contribution in [2.24, 2.45) is 5.92 Å². The molecule has 1 unspecified atom stereocenters. The minimum atomic E-state index is -1.05. The van der Waals surface area contributed by atoms with Gasteiger partial charge < -0.3 is 10.4 Å². The number of nitrogens with one attached hydrogen (secondary N) is 1. The molecule has 4 nitrogen and oxygen atoms in total. The molecule has 2 aromatic rings. The molecule has 114 valence electrons. The van der Waals surface area contributed by atoms with Gasteiger partial charge in [0.25, 0.3) is 0 Å². The average Bonchev–Trinajstić information content (AvgIpc) is 2.49. The maximum absolute atomic E-state index is 12.8. The summed E-state index contributed by atoms with van der Waals surface area (Å²) in [5, 5.41) is 11.6. The molecule has 22 heavy (non-hydrogen) atoms. The highest BCUT2D eigenvalue weighted by Gasteiger charge is 2.14. The van der Waals surface area contributed by atoms with Gasteiger partial charge in [-0.1, -0.05) is 25.1 Å². The normalized spacial score (nSPS) is 11.7. The van der Waals surface area contributed by atoms with Crippen LogP contribution in [0.5, 0.6) is 0 Å². The first kappa shape index (κ1) is 15.7. The van der Waals surface area contributed by atoms with E-state index in [1.165, 1.54) is 24.3 Å². The number of halogens is 1. The minimum absolute atomic E-state index is 0.115. The van der Waals surface area contributed by atoms with E-state index in [1.807, 2.05) is 0 Å². The lowest BCUT2D eigenvalue weighted by molar-refractivity contribution is -0.119. The van der Waals surface area contributed by atoms with Crippen LogP contribution in [0.2, 0.25) is 0 Å². The third-order valence-electron chi connectivity index (χ3n) is 3.28. The molecule has 2 rings (SSSR count). The first-order valence-corrected chi connectivity index (χ1v) is 6.84. The quantitative estimate of drug-likeness (QED) is 0.890. The molecule has 0 fully saturated rings. The second-order valence-corrected chi connectivity index (χ2v) is 5.11. The van der Waals surface area contributed by atoms with Gasteiger partial charge in [0, 0.05) is 11.6 Å². The van der Waals surface area contributed by atoms with Crippen LogP contribution < -0.4 is 5.32 Å². The molecule has 1 atom stereocenters. The third-order valence-corrected chi connectivity index (χ3v) is 3.28. The van der Waals surface area contributed by atoms with Crippen molar-refractivity contribution in [1.29, 1.82) is 0 Å². The number of carbonyl (C=O) groups excluding carboxylic acids is 1. The molecule has 1 amide bonds. The summed E-state index contributed by atoms with van der Waals surface area (Å²) in [6.45, 7) is 1.76. The summed E-state index contributed by atoms with van der Waals surface area (Å²) in [6, 6.07) is 12.1. The fraction of sp³-hybridized carbons (Fsp3) is 0.176. The molecule has 0 spiro atoms. The van der Waals surface area contributed by atoms with Crippen LogP contribution in [0.15, 0.2) is 48.5 Å². The number of benzene rings is 2. The van der Waals surface area contributed by atoms with Crippen LogP contribution in [-0.4, -0.2) is 17.0 Å². The standard InChI is InChI=1S/C17H16FNO3/c1-11(9-12-5-7-14(18)8-6-12)16(20)19-15-4-2-3-13(10-15)17(21)22/h2-8,10-11H,9H2,1H3,(H,19,20)(H,21,22). The molecule has 5 heteroatoms. The van der Waals surface area contributed by atoms with Gasteiger partial charge >= 0.3 is 5.97 Å². The van der Waals surface area contributed by atoms with Crippen LogP contribution >= 0.6 is 0 Å². The Morgan fingerprint density at radius 3 is 2.50 bits per heavy atom. The number of carboxylic acids is 1. The van der Waals surface area contributed by atoms with E-state index in [0.29, 0.717) is 12.1 Å². The van der Waals surface area contributed by atoms with Crippen molar-refractivity contribution >= 4 is 17.6 Å². The molecular weight excluding hydrogens is 285 g/mol. The second-order valence-electron chi connectivity index (χ2n) is 5.11. The molecule has 0 radical (unpaired) electrons. The van der Waals surface area contributed by atoms with Gasteiger partial charge in [0.1, 0.15) is 5.82 Å². The van der Waals surface area contributed by atoms with Crippen LogP contribution in [0.1, 0.15) is 22.8 Å². The summed E-state index contributed by atoms with van der Waals surface area (Å²) in [4.78, 5) is 23.0. The zero-order chi connectivity index (χ0) is 16.1. The number of carboxylic acid groups (broad SMARTS) is 1. The molecule has 0 saturated heterocycles. The zero-order valence-corrected chi connectivity index (χ0v) is 12.0. The van der Waals surface area contributed by atoms with Crippen molar-refractivity contribution in [2.75, 3.05) is 5.32 Å². The summed E-state index contributed by atoms with van der Waals surface area (Å²) in [7, 11) is 0. The molecule has 0 bridgehead atoms. The fourth-order valence-corrected chi connectivity index (χ4v) is 2.06. The van der Waals surface area contributed by atoms with Gasteiger partial charge in [-0.2, -0.15) is 0 Å².